The van der Waals surface area contributed by atoms with Crippen molar-refractivity contribution in [3.8, 4) is 0 Å². The van der Waals surface area contributed by atoms with Gasteiger partial charge >= 0.3 is 0 Å². The molecule has 20 heavy (non-hydrogen) atoms. The Hall–Kier alpha value is -1.47. The molecule has 7 heteroatoms. The van der Waals surface area contributed by atoms with E-state index in [0.29, 0.717) is 6.54 Å². The van der Waals surface area contributed by atoms with Gasteiger partial charge in [-0.05, 0) is 26.9 Å². The van der Waals surface area contributed by atoms with Gasteiger partial charge in [-0.2, -0.15) is 5.10 Å². The molecule has 1 rings (SSSR count). The fraction of sp³-hybridized carbons (Fsp3) is 0.769. The summed E-state index contributed by atoms with van der Waals surface area (Å²) in [5, 5.41) is 5.34. The van der Waals surface area contributed by atoms with Crippen LogP contribution in [0.25, 0.3) is 0 Å². The van der Waals surface area contributed by atoms with E-state index in [1.807, 2.05) is 13.8 Å². The van der Waals surface area contributed by atoms with Gasteiger partial charge in [0, 0.05) is 12.6 Å². The van der Waals surface area contributed by atoms with E-state index in [1.54, 1.807) is 5.01 Å². The minimum atomic E-state index is -0.235. The van der Waals surface area contributed by atoms with Crippen LogP contribution in [0.5, 0.6) is 0 Å². The summed E-state index contributed by atoms with van der Waals surface area (Å²) in [5.41, 5.74) is 5.69. The van der Waals surface area contributed by atoms with Gasteiger partial charge in [0.15, 0.2) is 0 Å². The van der Waals surface area contributed by atoms with Crippen LogP contribution in [0.15, 0.2) is 5.10 Å². The highest BCUT2D eigenvalue weighted by Gasteiger charge is 2.26. The Kier molecular flexibility index (Phi) is 6.60. The van der Waals surface area contributed by atoms with Crippen LogP contribution in [0.3, 0.4) is 0 Å². The summed E-state index contributed by atoms with van der Waals surface area (Å²) >= 11 is 0. The second-order valence-corrected chi connectivity index (χ2v) is 5.04. The fourth-order valence-electron chi connectivity index (χ4n) is 1.96. The van der Waals surface area contributed by atoms with Gasteiger partial charge in [-0.3, -0.25) is 14.6 Å². The van der Waals surface area contributed by atoms with Gasteiger partial charge in [0.1, 0.15) is 5.71 Å². The molecular weight excluding hydrogens is 258 g/mol. The van der Waals surface area contributed by atoms with Gasteiger partial charge in [0.2, 0.25) is 5.91 Å². The van der Waals surface area contributed by atoms with Crippen molar-refractivity contribution in [1.29, 1.82) is 0 Å². The molecule has 0 spiro atoms. The topological polar surface area (TPSA) is 77.0 Å². The predicted molar refractivity (Wildman–Crippen MR) is 78.0 cm³/mol. The molecule has 0 aliphatic carbocycles. The Labute approximate surface area is 120 Å². The molecule has 0 bridgehead atoms. The monoisotopic (exact) mass is 283 g/mol. The predicted octanol–water partition coefficient (Wildman–Crippen LogP) is -0.0543. The molecule has 0 saturated heterocycles. The molecule has 0 aromatic carbocycles. The lowest BCUT2D eigenvalue weighted by Crippen LogP contribution is -2.51. The Bertz CT molecular complexity index is 377. The maximum Gasteiger partial charge on any atom is 0.284 e. The number of amides is 2. The largest absolute Gasteiger partial charge is 0.302 e. The summed E-state index contributed by atoms with van der Waals surface area (Å²) in [5.74, 6) is -0.467. The van der Waals surface area contributed by atoms with Crippen molar-refractivity contribution in [3.63, 3.8) is 0 Å². The van der Waals surface area contributed by atoms with Crippen LogP contribution in [0.2, 0.25) is 0 Å². The maximum atomic E-state index is 12.3. The van der Waals surface area contributed by atoms with Gasteiger partial charge in [-0.25, -0.2) is 10.9 Å². The molecular formula is C13H25N5O2. The number of hydrogen-bond acceptors (Lipinski definition) is 5. The first-order valence-electron chi connectivity index (χ1n) is 7.13. The minimum absolute atomic E-state index is 0.0559. The first-order chi connectivity index (χ1) is 9.47. The average Bonchev–Trinajstić information content (AvgIpc) is 2.84. The smallest absolute Gasteiger partial charge is 0.284 e. The van der Waals surface area contributed by atoms with Gasteiger partial charge in [0.25, 0.3) is 5.91 Å². The van der Waals surface area contributed by atoms with Crippen LogP contribution in [-0.4, -0.2) is 59.7 Å². The number of nitrogens with one attached hydrogen (secondary N) is 2. The van der Waals surface area contributed by atoms with E-state index in [9.17, 15) is 9.59 Å². The van der Waals surface area contributed by atoms with Crippen molar-refractivity contribution in [2.45, 2.75) is 40.2 Å². The summed E-state index contributed by atoms with van der Waals surface area (Å²) in [6.45, 7) is 11.4. The summed E-state index contributed by atoms with van der Waals surface area (Å²) in [4.78, 5) is 25.7. The normalized spacial score (nSPS) is 14.7. The van der Waals surface area contributed by atoms with Crippen LogP contribution >= 0.6 is 0 Å². The number of carbonyl (C=O) groups excluding carboxylic acids is 2. The van der Waals surface area contributed by atoms with Crippen molar-refractivity contribution < 1.29 is 9.59 Å². The Balaban J connectivity index is 2.63. The number of rotatable bonds is 8. The number of likely N-dealkylation sites (N-methyl/N-ethyl adjacent to an activating group) is 1. The zero-order chi connectivity index (χ0) is 15.1. The van der Waals surface area contributed by atoms with Crippen molar-refractivity contribution >= 4 is 17.5 Å². The zero-order valence-corrected chi connectivity index (χ0v) is 12.8. The third kappa shape index (κ3) is 4.90. The van der Waals surface area contributed by atoms with Crippen molar-refractivity contribution in [3.05, 3.63) is 0 Å². The number of hydrogen-bond donors (Lipinski definition) is 2. The zero-order valence-electron chi connectivity index (χ0n) is 12.8. The highest BCUT2D eigenvalue weighted by Crippen LogP contribution is 2.01. The van der Waals surface area contributed by atoms with Crippen LogP contribution in [0.1, 0.15) is 34.1 Å². The van der Waals surface area contributed by atoms with Crippen LogP contribution < -0.4 is 10.9 Å². The molecule has 1 aliphatic rings. The van der Waals surface area contributed by atoms with Crippen LogP contribution in [0, 0.1) is 0 Å². The van der Waals surface area contributed by atoms with Crippen molar-refractivity contribution in [1.82, 2.24) is 20.8 Å². The lowest BCUT2D eigenvalue weighted by atomic mass is 10.2. The highest BCUT2D eigenvalue weighted by atomic mass is 16.2. The third-order valence-corrected chi connectivity index (χ3v) is 3.08. The van der Waals surface area contributed by atoms with Crippen LogP contribution in [-0.2, 0) is 9.59 Å². The minimum Gasteiger partial charge on any atom is -0.302 e. The molecule has 7 nitrogen and oxygen atoms in total. The summed E-state index contributed by atoms with van der Waals surface area (Å²) in [6, 6.07) is 0.140. The SMILES string of the molecule is CCN(CC)CCN(NC(C)C)C(=O)C1=NNC(=O)C1. The average molecular weight is 283 g/mol. The Morgan fingerprint density at radius 1 is 1.35 bits per heavy atom. The molecule has 0 unspecified atom stereocenters. The van der Waals surface area contributed by atoms with Gasteiger partial charge in [0.05, 0.1) is 13.0 Å². The Morgan fingerprint density at radius 2 is 2.00 bits per heavy atom. The van der Waals surface area contributed by atoms with Gasteiger partial charge in [-0.15, -0.1) is 0 Å². The summed E-state index contributed by atoms with van der Waals surface area (Å²) < 4.78 is 0. The van der Waals surface area contributed by atoms with E-state index < -0.39 is 0 Å². The van der Waals surface area contributed by atoms with E-state index in [4.69, 9.17) is 0 Å². The number of nitrogens with zero attached hydrogens (tertiary/aromatic N) is 3. The molecule has 2 N–H and O–H groups in total. The first kappa shape index (κ1) is 16.6. The quantitative estimate of drug-likeness (QED) is 0.612. The van der Waals surface area contributed by atoms with Gasteiger partial charge in [-0.1, -0.05) is 13.8 Å². The molecule has 0 fully saturated rings. The second-order valence-electron chi connectivity index (χ2n) is 5.04. The van der Waals surface area contributed by atoms with E-state index in [1.165, 1.54) is 0 Å². The molecule has 0 aromatic rings. The van der Waals surface area contributed by atoms with Crippen LogP contribution in [0.4, 0.5) is 0 Å². The molecule has 0 aromatic heterocycles. The van der Waals surface area contributed by atoms with Gasteiger partial charge < -0.3 is 4.90 Å². The lowest BCUT2D eigenvalue weighted by molar-refractivity contribution is -0.128. The van der Waals surface area contributed by atoms with E-state index in [2.05, 4.69) is 34.7 Å². The third-order valence-electron chi connectivity index (χ3n) is 3.08. The maximum absolute atomic E-state index is 12.3. The standard InChI is InChI=1S/C13H25N5O2/c1-5-17(6-2)7-8-18(16-10(3)4)13(20)11-9-12(19)15-14-11/h10,16H,5-9H2,1-4H3,(H,15,19). The molecule has 0 saturated carbocycles. The summed E-state index contributed by atoms with van der Waals surface area (Å²) in [6.07, 6.45) is 0.0559. The Morgan fingerprint density at radius 3 is 2.45 bits per heavy atom. The molecule has 1 heterocycles. The fourth-order valence-corrected chi connectivity index (χ4v) is 1.96. The molecule has 114 valence electrons. The van der Waals surface area contributed by atoms with Crippen molar-refractivity contribution in [2.75, 3.05) is 26.2 Å². The lowest BCUT2D eigenvalue weighted by Gasteiger charge is -2.28. The highest BCUT2D eigenvalue weighted by molar-refractivity contribution is 6.42. The molecule has 2 amide bonds. The van der Waals surface area contributed by atoms with E-state index in [0.717, 1.165) is 19.6 Å². The molecule has 0 radical (unpaired) electrons. The molecule has 0 atom stereocenters. The van der Waals surface area contributed by atoms with Crippen molar-refractivity contribution in [2.24, 2.45) is 5.10 Å². The summed E-state index contributed by atoms with van der Waals surface area (Å²) in [7, 11) is 0. The number of carbonyl (C=O) groups is 2. The number of hydrazine groups is 1. The van der Waals surface area contributed by atoms with E-state index >= 15 is 0 Å². The first-order valence-corrected chi connectivity index (χ1v) is 7.13. The van der Waals surface area contributed by atoms with E-state index in [-0.39, 0.29) is 30.0 Å². The number of hydrazone groups is 1. The molecule has 1 aliphatic heterocycles. The second kappa shape index (κ2) is 7.96.